The van der Waals surface area contributed by atoms with E-state index in [-0.39, 0.29) is 0 Å². The zero-order valence-electron chi connectivity index (χ0n) is 5.74. The fourth-order valence-corrected chi connectivity index (χ4v) is 1.57. The van der Waals surface area contributed by atoms with E-state index in [1.807, 2.05) is 0 Å². The van der Waals surface area contributed by atoms with Gasteiger partial charge < -0.3 is 5.73 Å². The summed E-state index contributed by atoms with van der Waals surface area (Å²) in [6.07, 6.45) is 1.62. The molecular weight excluding hydrogens is 158 g/mol. The fourth-order valence-electron chi connectivity index (χ4n) is 0.884. The van der Waals surface area contributed by atoms with E-state index in [1.165, 1.54) is 11.3 Å². The number of pyridine rings is 1. The van der Waals surface area contributed by atoms with Gasteiger partial charge in [-0.2, -0.15) is 0 Å². The van der Waals surface area contributed by atoms with Gasteiger partial charge in [-0.1, -0.05) is 11.3 Å². The van der Waals surface area contributed by atoms with E-state index >= 15 is 0 Å². The van der Waals surface area contributed by atoms with E-state index in [9.17, 15) is 0 Å². The first-order valence-corrected chi connectivity index (χ1v) is 3.91. The normalized spacial score (nSPS) is 10.6. The number of hydrogen-bond donors (Lipinski definition) is 1. The summed E-state index contributed by atoms with van der Waals surface area (Å²) in [4.78, 5) is 9.12. The van der Waals surface area contributed by atoms with Crippen molar-refractivity contribution in [3.05, 3.63) is 24.2 Å². The minimum absolute atomic E-state index is 0.641. The Morgan fingerprint density at radius 1 is 1.55 bits per heavy atom. The summed E-state index contributed by atoms with van der Waals surface area (Å²) in [7, 11) is 0. The maximum Gasteiger partial charge on any atom is 0.143 e. The molecule has 0 saturated carbocycles. The molecule has 0 unspecified atom stereocenters. The average molecular weight is 164 g/mol. The maximum absolute atomic E-state index is 5.51. The molecule has 0 aliphatic rings. The number of nitrogen functional groups attached to an aromatic ring is 1. The summed E-state index contributed by atoms with van der Waals surface area (Å²) in [5.74, 6) is 0. The Bertz CT molecular complexity index is 393. The molecule has 2 aromatic rings. The second kappa shape index (κ2) is 2.17. The number of nitrogens with two attached hydrogens (primary N) is 1. The molecule has 1 radical (unpaired) electrons. The highest BCUT2D eigenvalue weighted by Gasteiger charge is 2.00. The molecule has 2 N–H and O–H groups in total. The van der Waals surface area contributed by atoms with E-state index in [0.717, 1.165) is 15.4 Å². The number of hydrogen-bond acceptors (Lipinski definition) is 4. The monoisotopic (exact) mass is 164 g/mol. The number of fused-ring (bicyclic) bond motifs is 1. The van der Waals surface area contributed by atoms with Gasteiger partial charge in [0.25, 0.3) is 0 Å². The SMILES string of the molecule is [CH2]c1nc2cc(N)cnc2s1. The summed E-state index contributed by atoms with van der Waals surface area (Å²) in [6.45, 7) is 3.71. The van der Waals surface area contributed by atoms with Crippen molar-refractivity contribution in [2.24, 2.45) is 0 Å². The van der Waals surface area contributed by atoms with Crippen LogP contribution in [0.4, 0.5) is 5.69 Å². The molecule has 0 aliphatic carbocycles. The second-order valence-electron chi connectivity index (χ2n) is 2.20. The molecule has 0 amide bonds. The molecule has 0 aliphatic heterocycles. The Kier molecular flexibility index (Phi) is 1.29. The summed E-state index contributed by atoms with van der Waals surface area (Å²) in [6, 6.07) is 1.80. The van der Waals surface area contributed by atoms with Crippen LogP contribution in [0.5, 0.6) is 0 Å². The van der Waals surface area contributed by atoms with Crippen LogP contribution in [0.2, 0.25) is 0 Å². The van der Waals surface area contributed by atoms with E-state index in [0.29, 0.717) is 5.69 Å². The number of anilines is 1. The van der Waals surface area contributed by atoms with Crippen molar-refractivity contribution in [2.45, 2.75) is 0 Å². The molecular formula is C7H6N3S. The van der Waals surface area contributed by atoms with Crippen LogP contribution in [0, 0.1) is 6.92 Å². The standard InChI is InChI=1S/C7H6N3S/c1-4-10-6-2-5(8)3-9-7(6)11-4/h2-3H,1,8H2. The average Bonchev–Trinajstić information content (AvgIpc) is 2.27. The van der Waals surface area contributed by atoms with Gasteiger partial charge in [-0.25, -0.2) is 9.97 Å². The van der Waals surface area contributed by atoms with Crippen molar-refractivity contribution in [2.75, 3.05) is 5.73 Å². The third kappa shape index (κ3) is 1.05. The highest BCUT2D eigenvalue weighted by Crippen LogP contribution is 2.20. The quantitative estimate of drug-likeness (QED) is 0.641. The molecule has 3 nitrogen and oxygen atoms in total. The third-order valence-electron chi connectivity index (χ3n) is 1.31. The highest BCUT2D eigenvalue weighted by atomic mass is 32.1. The Morgan fingerprint density at radius 2 is 2.36 bits per heavy atom. The van der Waals surface area contributed by atoms with Gasteiger partial charge in [-0.3, -0.25) is 0 Å². The van der Waals surface area contributed by atoms with Crippen molar-refractivity contribution >= 4 is 27.4 Å². The number of thiazole rings is 1. The highest BCUT2D eigenvalue weighted by molar-refractivity contribution is 7.18. The van der Waals surface area contributed by atoms with Gasteiger partial charge in [0.05, 0.1) is 16.9 Å². The van der Waals surface area contributed by atoms with Crippen molar-refractivity contribution in [3.63, 3.8) is 0 Å². The predicted molar refractivity (Wildman–Crippen MR) is 46.3 cm³/mol. The van der Waals surface area contributed by atoms with Gasteiger partial charge in [-0.05, 0) is 6.07 Å². The zero-order valence-corrected chi connectivity index (χ0v) is 6.56. The lowest BCUT2D eigenvalue weighted by atomic mass is 10.4. The Labute approximate surface area is 67.9 Å². The molecule has 4 heteroatoms. The smallest absolute Gasteiger partial charge is 0.143 e. The van der Waals surface area contributed by atoms with Crippen molar-refractivity contribution < 1.29 is 0 Å². The van der Waals surface area contributed by atoms with Gasteiger partial charge in [-0.15, -0.1) is 0 Å². The molecule has 0 saturated heterocycles. The van der Waals surface area contributed by atoms with Crippen LogP contribution < -0.4 is 5.73 Å². The molecule has 0 fully saturated rings. The molecule has 0 aromatic carbocycles. The first kappa shape index (κ1) is 6.54. The molecule has 0 bridgehead atoms. The molecule has 55 valence electrons. The molecule has 2 aromatic heterocycles. The zero-order chi connectivity index (χ0) is 7.84. The van der Waals surface area contributed by atoms with Gasteiger partial charge in [0, 0.05) is 6.92 Å². The topological polar surface area (TPSA) is 51.8 Å². The lowest BCUT2D eigenvalue weighted by Gasteiger charge is -1.88. The first-order valence-electron chi connectivity index (χ1n) is 3.10. The number of aromatic nitrogens is 2. The van der Waals surface area contributed by atoms with Crippen LogP contribution in [0.15, 0.2) is 12.3 Å². The van der Waals surface area contributed by atoms with Gasteiger partial charge in [0.15, 0.2) is 0 Å². The van der Waals surface area contributed by atoms with Gasteiger partial charge in [0.1, 0.15) is 10.3 Å². The Balaban J connectivity index is 2.82. The predicted octanol–water partition coefficient (Wildman–Crippen LogP) is 1.46. The minimum atomic E-state index is 0.641. The molecule has 0 atom stereocenters. The second-order valence-corrected chi connectivity index (χ2v) is 3.26. The first-order chi connectivity index (χ1) is 5.25. The van der Waals surface area contributed by atoms with Crippen molar-refractivity contribution in [3.8, 4) is 0 Å². The lowest BCUT2D eigenvalue weighted by Crippen LogP contribution is -1.84. The number of rotatable bonds is 0. The van der Waals surface area contributed by atoms with E-state index in [4.69, 9.17) is 5.73 Å². The number of nitrogens with zero attached hydrogens (tertiary/aromatic N) is 2. The van der Waals surface area contributed by atoms with Crippen molar-refractivity contribution in [1.29, 1.82) is 0 Å². The fraction of sp³-hybridized carbons (Fsp3) is 0. The summed E-state index contributed by atoms with van der Waals surface area (Å²) >= 11 is 1.47. The molecule has 0 spiro atoms. The summed E-state index contributed by atoms with van der Waals surface area (Å²) in [5.41, 5.74) is 6.99. The van der Waals surface area contributed by atoms with Crippen LogP contribution in [-0.4, -0.2) is 9.97 Å². The van der Waals surface area contributed by atoms with Crippen LogP contribution in [0.3, 0.4) is 0 Å². The van der Waals surface area contributed by atoms with Gasteiger partial charge >= 0.3 is 0 Å². The van der Waals surface area contributed by atoms with Crippen LogP contribution >= 0.6 is 11.3 Å². The Morgan fingerprint density at radius 3 is 3.18 bits per heavy atom. The van der Waals surface area contributed by atoms with Gasteiger partial charge in [0.2, 0.25) is 0 Å². The van der Waals surface area contributed by atoms with Crippen LogP contribution in [-0.2, 0) is 0 Å². The summed E-state index contributed by atoms with van der Waals surface area (Å²) in [5, 5.41) is 0.776. The van der Waals surface area contributed by atoms with E-state index in [2.05, 4.69) is 16.9 Å². The molecule has 2 rings (SSSR count). The van der Waals surface area contributed by atoms with Crippen LogP contribution in [0.1, 0.15) is 5.01 Å². The van der Waals surface area contributed by atoms with Crippen LogP contribution in [0.25, 0.3) is 10.3 Å². The largest absolute Gasteiger partial charge is 0.397 e. The maximum atomic E-state index is 5.51. The summed E-state index contributed by atoms with van der Waals surface area (Å²) < 4.78 is 0. The minimum Gasteiger partial charge on any atom is -0.397 e. The lowest BCUT2D eigenvalue weighted by molar-refractivity contribution is 1.39. The van der Waals surface area contributed by atoms with E-state index < -0.39 is 0 Å². The molecule has 11 heavy (non-hydrogen) atoms. The Hall–Kier alpha value is -1.16. The van der Waals surface area contributed by atoms with E-state index in [1.54, 1.807) is 12.3 Å². The molecule has 2 heterocycles. The van der Waals surface area contributed by atoms with Crippen molar-refractivity contribution in [1.82, 2.24) is 9.97 Å². The third-order valence-corrected chi connectivity index (χ3v) is 2.15.